The molecular formula is C17H26N4O. The third-order valence-corrected chi connectivity index (χ3v) is 3.65. The van der Waals surface area contributed by atoms with Gasteiger partial charge in [-0.05, 0) is 31.5 Å². The van der Waals surface area contributed by atoms with Crippen LogP contribution in [0.25, 0.3) is 0 Å². The van der Waals surface area contributed by atoms with Crippen LogP contribution in [0.2, 0.25) is 0 Å². The molecule has 120 valence electrons. The van der Waals surface area contributed by atoms with Crippen LogP contribution in [0.15, 0.2) is 36.5 Å². The van der Waals surface area contributed by atoms with Gasteiger partial charge in [0.2, 0.25) is 0 Å². The van der Waals surface area contributed by atoms with Gasteiger partial charge in [0, 0.05) is 12.7 Å². The molecule has 0 bridgehead atoms. The molecular weight excluding hydrogens is 276 g/mol. The van der Waals surface area contributed by atoms with Crippen molar-refractivity contribution in [1.29, 1.82) is 0 Å². The summed E-state index contributed by atoms with van der Waals surface area (Å²) in [7, 11) is 2.10. The quantitative estimate of drug-likeness (QED) is 0.814. The second-order valence-electron chi connectivity index (χ2n) is 6.28. The maximum absolute atomic E-state index is 10.2. The number of aromatic nitrogens is 3. The van der Waals surface area contributed by atoms with Crippen LogP contribution in [0.1, 0.15) is 37.6 Å². The lowest BCUT2D eigenvalue weighted by Gasteiger charge is -2.16. The summed E-state index contributed by atoms with van der Waals surface area (Å²) in [5.74, 6) is 0.708. The smallest absolute Gasteiger partial charge is 0.0986 e. The third kappa shape index (κ3) is 5.24. The Hall–Kier alpha value is -1.72. The molecule has 2 aromatic rings. The summed E-state index contributed by atoms with van der Waals surface area (Å²) < 4.78 is 1.71. The maximum Gasteiger partial charge on any atom is 0.0986 e. The Bertz CT molecular complexity index is 553. The number of nitrogens with zero attached hydrogens (tertiary/aromatic N) is 4. The highest BCUT2D eigenvalue weighted by molar-refractivity contribution is 5.17. The van der Waals surface area contributed by atoms with E-state index >= 15 is 0 Å². The average Bonchev–Trinajstić information content (AvgIpc) is 2.93. The molecule has 0 amide bonds. The van der Waals surface area contributed by atoms with E-state index < -0.39 is 6.10 Å². The summed E-state index contributed by atoms with van der Waals surface area (Å²) in [4.78, 5) is 2.25. The van der Waals surface area contributed by atoms with Crippen LogP contribution in [-0.2, 0) is 13.1 Å². The monoisotopic (exact) mass is 302 g/mol. The van der Waals surface area contributed by atoms with E-state index in [4.69, 9.17) is 0 Å². The van der Waals surface area contributed by atoms with Gasteiger partial charge in [-0.2, -0.15) is 0 Å². The number of hydrogen-bond donors (Lipinski definition) is 1. The van der Waals surface area contributed by atoms with Gasteiger partial charge in [-0.15, -0.1) is 5.10 Å². The first-order valence-electron chi connectivity index (χ1n) is 7.85. The predicted octanol–water partition coefficient (Wildman–Crippen LogP) is 2.49. The van der Waals surface area contributed by atoms with Crippen LogP contribution in [-0.4, -0.2) is 38.6 Å². The van der Waals surface area contributed by atoms with Gasteiger partial charge in [0.1, 0.15) is 0 Å². The van der Waals surface area contributed by atoms with Crippen molar-refractivity contribution in [1.82, 2.24) is 19.9 Å². The lowest BCUT2D eigenvalue weighted by Crippen LogP contribution is -2.20. The minimum Gasteiger partial charge on any atom is -0.386 e. The minimum atomic E-state index is -0.561. The van der Waals surface area contributed by atoms with Crippen molar-refractivity contribution >= 4 is 0 Å². The summed E-state index contributed by atoms with van der Waals surface area (Å²) in [6.45, 7) is 6.72. The standard InChI is InChI=1S/C17H26N4O/c1-14(2)9-10-20(3)11-16-12-21(19-18-16)13-17(22)15-7-5-4-6-8-15/h4-8,12,14,17,22H,9-11,13H2,1-3H3. The first-order valence-corrected chi connectivity index (χ1v) is 7.85. The molecule has 0 fully saturated rings. The van der Waals surface area contributed by atoms with Gasteiger partial charge >= 0.3 is 0 Å². The molecule has 0 aliphatic rings. The molecule has 0 spiro atoms. The molecule has 0 saturated carbocycles. The topological polar surface area (TPSA) is 54.2 Å². The van der Waals surface area contributed by atoms with Crippen molar-refractivity contribution in [2.24, 2.45) is 5.92 Å². The highest BCUT2D eigenvalue weighted by Crippen LogP contribution is 2.14. The van der Waals surface area contributed by atoms with E-state index in [0.717, 1.165) is 24.3 Å². The predicted molar refractivity (Wildman–Crippen MR) is 87.2 cm³/mol. The van der Waals surface area contributed by atoms with Crippen LogP contribution in [0.3, 0.4) is 0 Å². The molecule has 0 aliphatic heterocycles. The maximum atomic E-state index is 10.2. The highest BCUT2D eigenvalue weighted by Gasteiger charge is 2.10. The second kappa shape index (κ2) is 8.06. The van der Waals surface area contributed by atoms with E-state index in [1.54, 1.807) is 4.68 Å². The van der Waals surface area contributed by atoms with Crippen molar-refractivity contribution in [2.75, 3.05) is 13.6 Å². The molecule has 2 rings (SSSR count). The number of aliphatic hydroxyl groups excluding tert-OH is 1. The normalized spacial score (nSPS) is 13.0. The Labute approximate surface area is 132 Å². The van der Waals surface area contributed by atoms with Gasteiger partial charge in [-0.3, -0.25) is 0 Å². The zero-order valence-corrected chi connectivity index (χ0v) is 13.7. The number of hydrogen-bond acceptors (Lipinski definition) is 4. The van der Waals surface area contributed by atoms with Gasteiger partial charge in [0.05, 0.1) is 18.3 Å². The zero-order valence-electron chi connectivity index (χ0n) is 13.7. The Morgan fingerprint density at radius 1 is 1.23 bits per heavy atom. The molecule has 1 unspecified atom stereocenters. The molecule has 0 saturated heterocycles. The molecule has 1 atom stereocenters. The van der Waals surface area contributed by atoms with Crippen molar-refractivity contribution in [2.45, 2.75) is 39.5 Å². The molecule has 0 radical (unpaired) electrons. The fourth-order valence-electron chi connectivity index (χ4n) is 2.29. The summed E-state index contributed by atoms with van der Waals surface area (Å²) in [6.07, 6.45) is 2.53. The van der Waals surface area contributed by atoms with E-state index in [0.29, 0.717) is 12.5 Å². The summed E-state index contributed by atoms with van der Waals surface area (Å²) in [5, 5.41) is 18.5. The summed E-state index contributed by atoms with van der Waals surface area (Å²) >= 11 is 0. The van der Waals surface area contributed by atoms with Gasteiger partial charge in [0.25, 0.3) is 0 Å². The second-order valence-corrected chi connectivity index (χ2v) is 6.28. The van der Waals surface area contributed by atoms with Crippen molar-refractivity contribution in [3.05, 3.63) is 47.8 Å². The van der Waals surface area contributed by atoms with Gasteiger partial charge in [-0.25, -0.2) is 4.68 Å². The van der Waals surface area contributed by atoms with Crippen LogP contribution in [0.4, 0.5) is 0 Å². The first kappa shape index (κ1) is 16.6. The minimum absolute atomic E-state index is 0.423. The van der Waals surface area contributed by atoms with E-state index in [9.17, 15) is 5.11 Å². The fraction of sp³-hybridized carbons (Fsp3) is 0.529. The summed E-state index contributed by atoms with van der Waals surface area (Å²) in [5.41, 5.74) is 1.83. The molecule has 1 heterocycles. The Kier molecular flexibility index (Phi) is 6.10. The molecule has 1 aromatic heterocycles. The van der Waals surface area contributed by atoms with E-state index in [1.165, 1.54) is 6.42 Å². The Morgan fingerprint density at radius 2 is 1.95 bits per heavy atom. The average molecular weight is 302 g/mol. The van der Waals surface area contributed by atoms with Crippen LogP contribution >= 0.6 is 0 Å². The Morgan fingerprint density at radius 3 is 2.64 bits per heavy atom. The third-order valence-electron chi connectivity index (χ3n) is 3.65. The molecule has 1 aromatic carbocycles. The molecule has 5 heteroatoms. The van der Waals surface area contributed by atoms with E-state index in [1.807, 2.05) is 36.5 Å². The van der Waals surface area contributed by atoms with Crippen LogP contribution in [0, 0.1) is 5.92 Å². The molecule has 22 heavy (non-hydrogen) atoms. The van der Waals surface area contributed by atoms with Crippen molar-refractivity contribution < 1.29 is 5.11 Å². The lowest BCUT2D eigenvalue weighted by molar-refractivity contribution is 0.150. The van der Waals surface area contributed by atoms with Crippen molar-refractivity contribution in [3.8, 4) is 0 Å². The van der Waals surface area contributed by atoms with Crippen molar-refractivity contribution in [3.63, 3.8) is 0 Å². The molecule has 0 aliphatic carbocycles. The van der Waals surface area contributed by atoms with Gasteiger partial charge in [0.15, 0.2) is 0 Å². The fourth-order valence-corrected chi connectivity index (χ4v) is 2.29. The molecule has 5 nitrogen and oxygen atoms in total. The highest BCUT2D eigenvalue weighted by atomic mass is 16.3. The number of rotatable bonds is 8. The van der Waals surface area contributed by atoms with Crippen LogP contribution < -0.4 is 0 Å². The lowest BCUT2D eigenvalue weighted by atomic mass is 10.1. The SMILES string of the molecule is CC(C)CCN(C)Cc1cn(CC(O)c2ccccc2)nn1. The Balaban J connectivity index is 1.86. The largest absolute Gasteiger partial charge is 0.386 e. The van der Waals surface area contributed by atoms with Gasteiger partial charge in [-0.1, -0.05) is 49.4 Å². The van der Waals surface area contributed by atoms with E-state index in [2.05, 4.69) is 36.1 Å². The van der Waals surface area contributed by atoms with E-state index in [-0.39, 0.29) is 0 Å². The summed E-state index contributed by atoms with van der Waals surface area (Å²) in [6, 6.07) is 9.63. The number of aliphatic hydroxyl groups is 1. The van der Waals surface area contributed by atoms with Crippen LogP contribution in [0.5, 0.6) is 0 Å². The first-order chi connectivity index (χ1) is 10.5. The van der Waals surface area contributed by atoms with Gasteiger partial charge < -0.3 is 10.0 Å². The zero-order chi connectivity index (χ0) is 15.9. The molecule has 1 N–H and O–H groups in total. The number of benzene rings is 1.